The monoisotopic (exact) mass is 309 g/mol. The van der Waals surface area contributed by atoms with Gasteiger partial charge in [-0.1, -0.05) is 6.07 Å². The molecule has 0 aliphatic carbocycles. The number of rotatable bonds is 4. The molecule has 0 radical (unpaired) electrons. The summed E-state index contributed by atoms with van der Waals surface area (Å²) in [5, 5.41) is 8.77. The van der Waals surface area contributed by atoms with Crippen molar-refractivity contribution in [2.24, 2.45) is 0 Å². The average molecular weight is 309 g/mol. The third-order valence-electron chi connectivity index (χ3n) is 2.89. The minimum atomic E-state index is -3.94. The van der Waals surface area contributed by atoms with Gasteiger partial charge in [0, 0.05) is 11.3 Å². The Morgan fingerprint density at radius 3 is 2.33 bits per heavy atom. The molecule has 0 unspecified atom stereocenters. The van der Waals surface area contributed by atoms with Crippen LogP contribution < -0.4 is 4.72 Å². The molecule has 0 aliphatic rings. The summed E-state index contributed by atoms with van der Waals surface area (Å²) in [6, 6.07) is 9.00. The van der Waals surface area contributed by atoms with E-state index in [0.29, 0.717) is 0 Å². The van der Waals surface area contributed by atoms with Gasteiger partial charge in [-0.3, -0.25) is 4.72 Å². The molecule has 0 heterocycles. The molecule has 0 aromatic heterocycles. The maximum absolute atomic E-state index is 13.4. The highest BCUT2D eigenvalue weighted by Gasteiger charge is 2.18. The normalized spacial score (nSPS) is 11.1. The van der Waals surface area contributed by atoms with Crippen molar-refractivity contribution in [1.82, 2.24) is 0 Å². The summed E-state index contributed by atoms with van der Waals surface area (Å²) >= 11 is 0. The van der Waals surface area contributed by atoms with Gasteiger partial charge < -0.3 is 5.11 Å². The van der Waals surface area contributed by atoms with Crippen LogP contribution in [-0.2, 0) is 10.0 Å². The summed E-state index contributed by atoms with van der Waals surface area (Å²) in [4.78, 5) is 10.6. The molecule has 0 aliphatic heterocycles. The third-order valence-corrected chi connectivity index (χ3v) is 4.42. The number of carboxylic acid groups (broad SMARTS) is 1. The topological polar surface area (TPSA) is 83.5 Å². The molecular formula is C14H12FNO4S. The molecular weight excluding hydrogens is 297 g/mol. The van der Waals surface area contributed by atoms with E-state index in [4.69, 9.17) is 5.11 Å². The fraction of sp³-hybridized carbons (Fsp3) is 0.0714. The van der Waals surface area contributed by atoms with Crippen LogP contribution >= 0.6 is 0 Å². The van der Waals surface area contributed by atoms with Crippen LogP contribution in [0.1, 0.15) is 15.9 Å². The van der Waals surface area contributed by atoms with Crippen LogP contribution in [0.15, 0.2) is 47.4 Å². The molecule has 0 bridgehead atoms. The number of anilines is 1. The molecule has 0 spiro atoms. The van der Waals surface area contributed by atoms with Gasteiger partial charge in [-0.05, 0) is 43.3 Å². The highest BCUT2D eigenvalue weighted by molar-refractivity contribution is 7.92. The number of hydrogen-bond acceptors (Lipinski definition) is 3. The number of nitrogens with one attached hydrogen (secondary N) is 1. The highest BCUT2D eigenvalue weighted by Crippen LogP contribution is 2.21. The number of benzene rings is 2. The molecule has 0 saturated heterocycles. The molecule has 0 saturated carbocycles. The van der Waals surface area contributed by atoms with E-state index in [-0.39, 0.29) is 21.7 Å². The molecule has 2 N–H and O–H groups in total. The first-order valence-corrected chi connectivity index (χ1v) is 7.41. The lowest BCUT2D eigenvalue weighted by atomic mass is 10.2. The largest absolute Gasteiger partial charge is 0.478 e. The highest BCUT2D eigenvalue weighted by atomic mass is 32.2. The summed E-state index contributed by atoms with van der Waals surface area (Å²) < 4.78 is 40.1. The minimum Gasteiger partial charge on any atom is -0.478 e. The fourth-order valence-corrected chi connectivity index (χ4v) is 3.08. The summed E-state index contributed by atoms with van der Waals surface area (Å²) in [6.45, 7) is 1.37. The van der Waals surface area contributed by atoms with Gasteiger partial charge in [-0.25, -0.2) is 17.6 Å². The predicted molar refractivity (Wildman–Crippen MR) is 75.3 cm³/mol. The first-order chi connectivity index (χ1) is 9.81. The second kappa shape index (κ2) is 5.53. The molecule has 2 aromatic rings. The van der Waals surface area contributed by atoms with Gasteiger partial charge in [-0.2, -0.15) is 0 Å². The zero-order chi connectivity index (χ0) is 15.6. The van der Waals surface area contributed by atoms with Crippen LogP contribution in [0.4, 0.5) is 10.1 Å². The second-order valence-electron chi connectivity index (χ2n) is 4.35. The molecule has 110 valence electrons. The van der Waals surface area contributed by atoms with Gasteiger partial charge in [0.2, 0.25) is 0 Å². The van der Waals surface area contributed by atoms with Crippen molar-refractivity contribution >= 4 is 21.7 Å². The molecule has 2 rings (SSSR count). The molecule has 2 aromatic carbocycles. The van der Waals surface area contributed by atoms with Crippen molar-refractivity contribution in [3.05, 3.63) is 59.4 Å². The van der Waals surface area contributed by atoms with E-state index in [2.05, 4.69) is 4.72 Å². The van der Waals surface area contributed by atoms with Gasteiger partial charge in [0.25, 0.3) is 10.0 Å². The van der Waals surface area contributed by atoms with E-state index < -0.39 is 21.8 Å². The van der Waals surface area contributed by atoms with E-state index in [0.717, 1.165) is 0 Å². The molecule has 0 fully saturated rings. The van der Waals surface area contributed by atoms with Crippen molar-refractivity contribution in [1.29, 1.82) is 0 Å². The first-order valence-electron chi connectivity index (χ1n) is 5.92. The molecule has 0 atom stereocenters. The van der Waals surface area contributed by atoms with E-state index >= 15 is 0 Å². The Bertz CT molecular complexity index is 785. The lowest BCUT2D eigenvalue weighted by molar-refractivity contribution is 0.0697. The van der Waals surface area contributed by atoms with E-state index in [9.17, 15) is 17.6 Å². The SMILES string of the molecule is Cc1c(F)cccc1S(=O)(=O)Nc1ccc(C(=O)O)cc1. The smallest absolute Gasteiger partial charge is 0.335 e. The Labute approximate surface area is 121 Å². The van der Waals surface area contributed by atoms with Crippen LogP contribution in [0.2, 0.25) is 0 Å². The van der Waals surface area contributed by atoms with E-state index in [1.807, 2.05) is 0 Å². The van der Waals surface area contributed by atoms with Crippen molar-refractivity contribution in [3.63, 3.8) is 0 Å². The standard InChI is InChI=1S/C14H12FNO4S/c1-9-12(15)3-2-4-13(9)21(19,20)16-11-7-5-10(6-8-11)14(17)18/h2-8,16H,1H3,(H,17,18). The molecule has 7 heteroatoms. The summed E-state index contributed by atoms with van der Waals surface area (Å²) in [7, 11) is -3.94. The Morgan fingerprint density at radius 1 is 1.14 bits per heavy atom. The Morgan fingerprint density at radius 2 is 1.76 bits per heavy atom. The maximum Gasteiger partial charge on any atom is 0.335 e. The Hall–Kier alpha value is -2.41. The van der Waals surface area contributed by atoms with Crippen LogP contribution in [0, 0.1) is 12.7 Å². The summed E-state index contributed by atoms with van der Waals surface area (Å²) in [5.41, 5.74) is 0.260. The van der Waals surface area contributed by atoms with Gasteiger partial charge >= 0.3 is 5.97 Å². The van der Waals surface area contributed by atoms with Crippen molar-refractivity contribution in [2.45, 2.75) is 11.8 Å². The third kappa shape index (κ3) is 3.19. The number of halogens is 1. The zero-order valence-electron chi connectivity index (χ0n) is 11.0. The van der Waals surface area contributed by atoms with Gasteiger partial charge in [0.15, 0.2) is 0 Å². The van der Waals surface area contributed by atoms with Crippen molar-refractivity contribution < 1.29 is 22.7 Å². The van der Waals surface area contributed by atoms with Crippen molar-refractivity contribution in [3.8, 4) is 0 Å². The van der Waals surface area contributed by atoms with Gasteiger partial charge in [0.1, 0.15) is 5.82 Å². The summed E-state index contributed by atoms with van der Waals surface area (Å²) in [6.07, 6.45) is 0. The number of carbonyl (C=O) groups is 1. The molecule has 0 amide bonds. The Kier molecular flexibility index (Phi) is 3.95. The average Bonchev–Trinajstić information content (AvgIpc) is 2.41. The number of sulfonamides is 1. The number of hydrogen-bond donors (Lipinski definition) is 2. The quantitative estimate of drug-likeness (QED) is 0.909. The number of aromatic carboxylic acids is 1. The van der Waals surface area contributed by atoms with Crippen LogP contribution in [0.3, 0.4) is 0 Å². The predicted octanol–water partition coefficient (Wildman–Crippen LogP) is 2.63. The first kappa shape index (κ1) is 15.0. The fourth-order valence-electron chi connectivity index (χ4n) is 1.77. The maximum atomic E-state index is 13.4. The van der Waals surface area contributed by atoms with Crippen LogP contribution in [0.25, 0.3) is 0 Å². The lowest BCUT2D eigenvalue weighted by Crippen LogP contribution is -2.15. The van der Waals surface area contributed by atoms with Gasteiger partial charge in [-0.15, -0.1) is 0 Å². The summed E-state index contributed by atoms with van der Waals surface area (Å²) in [5.74, 6) is -1.72. The van der Waals surface area contributed by atoms with Crippen LogP contribution in [0.5, 0.6) is 0 Å². The molecule has 21 heavy (non-hydrogen) atoms. The second-order valence-corrected chi connectivity index (χ2v) is 6.00. The van der Waals surface area contributed by atoms with E-state index in [1.54, 1.807) is 0 Å². The van der Waals surface area contributed by atoms with Crippen molar-refractivity contribution in [2.75, 3.05) is 4.72 Å². The van der Waals surface area contributed by atoms with Gasteiger partial charge in [0.05, 0.1) is 10.5 Å². The Balaban J connectivity index is 2.33. The number of carboxylic acids is 1. The lowest BCUT2D eigenvalue weighted by Gasteiger charge is -2.10. The molecule has 5 nitrogen and oxygen atoms in total. The van der Waals surface area contributed by atoms with Crippen LogP contribution in [-0.4, -0.2) is 19.5 Å². The zero-order valence-corrected chi connectivity index (χ0v) is 11.8. The minimum absolute atomic E-state index is 0.0205. The van der Waals surface area contributed by atoms with E-state index in [1.165, 1.54) is 49.4 Å².